The normalized spacial score (nSPS) is 30.7. The highest BCUT2D eigenvalue weighted by atomic mass is 79.9. The predicted octanol–water partition coefficient (Wildman–Crippen LogP) is 3.54. The first kappa shape index (κ1) is 28.6. The Balaban J connectivity index is 1.40. The van der Waals surface area contributed by atoms with Gasteiger partial charge in [-0.15, -0.1) is 0 Å². The van der Waals surface area contributed by atoms with Gasteiger partial charge in [0, 0.05) is 44.2 Å². The van der Waals surface area contributed by atoms with E-state index in [0.29, 0.717) is 31.3 Å². The van der Waals surface area contributed by atoms with E-state index in [1.54, 1.807) is 12.2 Å². The number of halogens is 1. The molecule has 3 aliphatic heterocycles. The first-order valence-electron chi connectivity index (χ1n) is 13.0. The number of hydrazone groups is 1. The van der Waals surface area contributed by atoms with Gasteiger partial charge < -0.3 is 0 Å². The van der Waals surface area contributed by atoms with Gasteiger partial charge in [0.15, 0.2) is 16.0 Å². The van der Waals surface area contributed by atoms with Gasteiger partial charge in [-0.25, -0.2) is 16.9 Å². The Kier molecular flexibility index (Phi) is 9.77. The van der Waals surface area contributed by atoms with Crippen molar-refractivity contribution in [3.05, 3.63) is 47.9 Å². The van der Waals surface area contributed by atoms with Crippen LogP contribution in [0.25, 0.3) is 0 Å². The number of fused-ring (bicyclic) bond motifs is 1. The summed E-state index contributed by atoms with van der Waals surface area (Å²) in [4.78, 5) is 5.46. The molecule has 0 aromatic carbocycles. The number of aliphatic imine (C=N–C) groups is 1. The van der Waals surface area contributed by atoms with Crippen LogP contribution in [-0.2, 0) is 20.8 Å². The second-order valence-corrected chi connectivity index (χ2v) is 14.7. The molecule has 3 heterocycles. The van der Waals surface area contributed by atoms with Crippen molar-refractivity contribution in [3.63, 3.8) is 0 Å². The third-order valence-corrected chi connectivity index (χ3v) is 11.4. The number of piperidine rings is 1. The van der Waals surface area contributed by atoms with Gasteiger partial charge in [0.05, 0.1) is 15.0 Å². The molecule has 6 atom stereocenters. The number of sulfone groups is 1. The lowest BCUT2D eigenvalue weighted by Gasteiger charge is -2.40. The van der Waals surface area contributed by atoms with Crippen molar-refractivity contribution in [3.8, 4) is 0 Å². The topological polar surface area (TPSA) is 94.4 Å². The van der Waals surface area contributed by atoms with Crippen LogP contribution in [-0.4, -0.2) is 82.2 Å². The van der Waals surface area contributed by atoms with Gasteiger partial charge in [-0.05, 0) is 43.6 Å². The molecule has 0 radical (unpaired) electrons. The number of nitrogens with zero attached hydrogens (tertiary/aromatic N) is 4. The minimum absolute atomic E-state index is 0.0614. The quantitative estimate of drug-likeness (QED) is 0.301. The van der Waals surface area contributed by atoms with E-state index in [0.717, 1.165) is 32.2 Å². The Morgan fingerprint density at radius 2 is 2.11 bits per heavy atom. The number of nitrogens with one attached hydrogen (secondary N) is 1. The largest absolute Gasteiger partial charge is 0.295 e. The second kappa shape index (κ2) is 12.6. The third-order valence-electron chi connectivity index (χ3n) is 7.49. The highest BCUT2D eigenvalue weighted by Crippen LogP contribution is 2.33. The molecule has 0 spiro atoms. The number of hydrogen-bond acceptors (Lipinski definition) is 7. The zero-order valence-electron chi connectivity index (χ0n) is 21.6. The summed E-state index contributed by atoms with van der Waals surface area (Å²) >= 11 is 3.72. The average molecular weight is 613 g/mol. The molecule has 0 amide bonds. The maximum absolute atomic E-state index is 13.4. The van der Waals surface area contributed by atoms with Crippen LogP contribution < -0.4 is 5.32 Å². The lowest BCUT2D eigenvalue weighted by Crippen LogP contribution is -2.54. The molecule has 204 valence electrons. The molecule has 11 heteroatoms. The van der Waals surface area contributed by atoms with E-state index in [4.69, 9.17) is 4.99 Å². The Labute approximate surface area is 232 Å². The standard InChI is InChI=1S/C26H38BrN5O3S2/c1-4-6-9-19(5-2)17-28-25-16-22(30-26-21(27)18-29-32(25)26)20-12-14-31(15-13-20)36(33)23-10-7-8-11-24(23)37(3,34)35/h4,6-9,11,18-21,23,25-26,28H,1,5,10,12-17H2,2-3H3/b9-6-. The second-order valence-electron chi connectivity index (χ2n) is 10.0. The maximum Gasteiger partial charge on any atom is 0.172 e. The molecule has 4 rings (SSSR count). The smallest absolute Gasteiger partial charge is 0.172 e. The van der Waals surface area contributed by atoms with Crippen LogP contribution in [0.15, 0.2) is 58.0 Å². The number of allylic oxidation sites excluding steroid dienone is 5. The summed E-state index contributed by atoms with van der Waals surface area (Å²) in [6.45, 7) is 8.15. The first-order chi connectivity index (χ1) is 17.7. The van der Waals surface area contributed by atoms with Crippen molar-refractivity contribution in [2.75, 3.05) is 25.9 Å². The number of rotatable bonds is 10. The van der Waals surface area contributed by atoms with E-state index in [1.165, 1.54) is 12.0 Å². The minimum atomic E-state index is -3.39. The molecule has 1 aliphatic carbocycles. The summed E-state index contributed by atoms with van der Waals surface area (Å²) in [5.74, 6) is 0.739. The van der Waals surface area contributed by atoms with E-state index >= 15 is 0 Å². The van der Waals surface area contributed by atoms with Gasteiger partial charge >= 0.3 is 0 Å². The van der Waals surface area contributed by atoms with Crippen molar-refractivity contribution >= 4 is 48.7 Å². The summed E-state index contributed by atoms with van der Waals surface area (Å²) < 4.78 is 39.9. The molecule has 37 heavy (non-hydrogen) atoms. The Hall–Kier alpha value is -1.40. The zero-order valence-corrected chi connectivity index (χ0v) is 24.8. The van der Waals surface area contributed by atoms with Crippen LogP contribution in [0, 0.1) is 11.8 Å². The maximum atomic E-state index is 13.4. The van der Waals surface area contributed by atoms with Crippen molar-refractivity contribution in [1.29, 1.82) is 0 Å². The van der Waals surface area contributed by atoms with Crippen LogP contribution in [0.3, 0.4) is 0 Å². The molecular formula is C26H38BrN5O3S2. The average Bonchev–Trinajstić information content (AvgIpc) is 3.28. The van der Waals surface area contributed by atoms with Gasteiger partial charge in [0.2, 0.25) is 0 Å². The van der Waals surface area contributed by atoms with Gasteiger partial charge in [-0.2, -0.15) is 5.10 Å². The third kappa shape index (κ3) is 6.79. The van der Waals surface area contributed by atoms with Crippen LogP contribution >= 0.6 is 15.9 Å². The van der Waals surface area contributed by atoms with Crippen LogP contribution in [0.4, 0.5) is 0 Å². The van der Waals surface area contributed by atoms with E-state index < -0.39 is 26.1 Å². The molecule has 0 bridgehead atoms. The summed E-state index contributed by atoms with van der Waals surface area (Å²) in [5, 5.41) is 9.93. The van der Waals surface area contributed by atoms with Crippen molar-refractivity contribution in [2.24, 2.45) is 21.9 Å². The predicted molar refractivity (Wildman–Crippen MR) is 157 cm³/mol. The van der Waals surface area contributed by atoms with E-state index in [1.807, 2.05) is 28.7 Å². The molecule has 1 fully saturated rings. The Morgan fingerprint density at radius 3 is 2.78 bits per heavy atom. The fraction of sp³-hybridized carbons (Fsp3) is 0.615. The van der Waals surface area contributed by atoms with Crippen molar-refractivity contribution < 1.29 is 12.6 Å². The monoisotopic (exact) mass is 611 g/mol. The molecule has 6 unspecified atom stereocenters. The van der Waals surface area contributed by atoms with Crippen LogP contribution in [0.2, 0.25) is 0 Å². The molecule has 1 N–H and O–H groups in total. The van der Waals surface area contributed by atoms with Crippen molar-refractivity contribution in [2.45, 2.75) is 61.4 Å². The lowest BCUT2D eigenvalue weighted by molar-refractivity contribution is 0.126. The zero-order chi connectivity index (χ0) is 26.6. The fourth-order valence-corrected chi connectivity index (χ4v) is 8.95. The first-order valence-corrected chi connectivity index (χ1v) is 17.0. The minimum Gasteiger partial charge on any atom is -0.295 e. The Bertz CT molecular complexity index is 1130. The van der Waals surface area contributed by atoms with E-state index in [9.17, 15) is 12.6 Å². The van der Waals surface area contributed by atoms with Gasteiger partial charge in [-0.1, -0.05) is 59.8 Å². The summed E-state index contributed by atoms with van der Waals surface area (Å²) in [5.41, 5.74) is 1.20. The lowest BCUT2D eigenvalue weighted by atomic mass is 9.89. The summed E-state index contributed by atoms with van der Waals surface area (Å²) in [6.07, 6.45) is 18.4. The van der Waals surface area contributed by atoms with Crippen LogP contribution in [0.5, 0.6) is 0 Å². The highest BCUT2D eigenvalue weighted by Gasteiger charge is 2.41. The number of alkyl halides is 1. The fourth-order valence-electron chi connectivity index (χ4n) is 5.33. The van der Waals surface area contributed by atoms with E-state index in [-0.39, 0.29) is 22.1 Å². The molecule has 4 aliphatic rings. The summed E-state index contributed by atoms with van der Waals surface area (Å²) in [6, 6.07) is 0. The summed E-state index contributed by atoms with van der Waals surface area (Å²) in [7, 11) is -4.78. The molecule has 0 aromatic heterocycles. The SMILES string of the molecule is C=C/C=C\C(CC)CNC1CC(C2CCN(S(=O)C3CC=CC=C3S(C)(=O)=O)CC2)=NC2C(Br)C=NN12. The highest BCUT2D eigenvalue weighted by molar-refractivity contribution is 9.10. The van der Waals surface area contributed by atoms with E-state index in [2.05, 4.69) is 50.9 Å². The molecular weight excluding hydrogens is 574 g/mol. The van der Waals surface area contributed by atoms with Gasteiger partial charge in [-0.3, -0.25) is 15.3 Å². The molecule has 0 saturated carbocycles. The van der Waals surface area contributed by atoms with Crippen LogP contribution in [0.1, 0.15) is 39.0 Å². The van der Waals surface area contributed by atoms with Crippen molar-refractivity contribution in [1.82, 2.24) is 14.6 Å². The number of hydrogen-bond donors (Lipinski definition) is 1. The van der Waals surface area contributed by atoms with Gasteiger partial charge in [0.25, 0.3) is 0 Å². The Morgan fingerprint density at radius 1 is 1.35 bits per heavy atom. The molecule has 8 nitrogen and oxygen atoms in total. The molecule has 1 saturated heterocycles. The van der Waals surface area contributed by atoms with Gasteiger partial charge in [0.1, 0.15) is 17.2 Å². The molecule has 0 aromatic rings.